The standard InChI is InChI=1S/C14H19N3/c1-2-17-13(9-16-12-5-6-12)7-10-3-4-11(15)8-14(10)17/h3-4,7-8,12,16H,2,5-6,9,15H2,1H3. The minimum Gasteiger partial charge on any atom is -0.399 e. The van der Waals surface area contributed by atoms with Gasteiger partial charge in [0.25, 0.3) is 0 Å². The Labute approximate surface area is 102 Å². The lowest BCUT2D eigenvalue weighted by Crippen LogP contribution is -2.17. The van der Waals surface area contributed by atoms with Crippen LogP contribution in [0, 0.1) is 0 Å². The molecule has 17 heavy (non-hydrogen) atoms. The van der Waals surface area contributed by atoms with Crippen molar-refractivity contribution in [1.82, 2.24) is 9.88 Å². The summed E-state index contributed by atoms with van der Waals surface area (Å²) in [5.41, 5.74) is 9.31. The number of anilines is 1. The molecular formula is C14H19N3. The van der Waals surface area contributed by atoms with Crippen LogP contribution in [-0.4, -0.2) is 10.6 Å². The van der Waals surface area contributed by atoms with E-state index in [0.717, 1.165) is 24.8 Å². The van der Waals surface area contributed by atoms with Gasteiger partial charge in [-0.3, -0.25) is 0 Å². The third-order valence-electron chi connectivity index (χ3n) is 3.48. The van der Waals surface area contributed by atoms with Gasteiger partial charge in [0, 0.05) is 35.9 Å². The van der Waals surface area contributed by atoms with Crippen molar-refractivity contribution in [2.45, 2.75) is 38.9 Å². The van der Waals surface area contributed by atoms with Crippen molar-refractivity contribution in [2.24, 2.45) is 0 Å². The average molecular weight is 229 g/mol. The fraction of sp³-hybridized carbons (Fsp3) is 0.429. The van der Waals surface area contributed by atoms with Gasteiger partial charge in [-0.15, -0.1) is 0 Å². The number of nitrogens with zero attached hydrogens (tertiary/aromatic N) is 1. The van der Waals surface area contributed by atoms with Gasteiger partial charge < -0.3 is 15.6 Å². The number of aromatic nitrogens is 1. The molecule has 1 fully saturated rings. The van der Waals surface area contributed by atoms with Crippen LogP contribution >= 0.6 is 0 Å². The van der Waals surface area contributed by atoms with Crippen LogP contribution in [0.2, 0.25) is 0 Å². The third-order valence-corrected chi connectivity index (χ3v) is 3.48. The zero-order valence-electron chi connectivity index (χ0n) is 10.2. The molecular weight excluding hydrogens is 210 g/mol. The number of fused-ring (bicyclic) bond motifs is 1. The molecule has 0 amide bonds. The van der Waals surface area contributed by atoms with E-state index in [0.29, 0.717) is 0 Å². The highest BCUT2D eigenvalue weighted by Gasteiger charge is 2.20. The lowest BCUT2D eigenvalue weighted by molar-refractivity contribution is 0.634. The van der Waals surface area contributed by atoms with Gasteiger partial charge in [0.2, 0.25) is 0 Å². The molecule has 0 saturated heterocycles. The van der Waals surface area contributed by atoms with Crippen LogP contribution in [0.1, 0.15) is 25.5 Å². The summed E-state index contributed by atoms with van der Waals surface area (Å²) in [5.74, 6) is 0. The Balaban J connectivity index is 1.97. The van der Waals surface area contributed by atoms with E-state index in [4.69, 9.17) is 5.73 Å². The highest BCUT2D eigenvalue weighted by atomic mass is 15.0. The summed E-state index contributed by atoms with van der Waals surface area (Å²) >= 11 is 0. The van der Waals surface area contributed by atoms with Crippen molar-refractivity contribution in [3.05, 3.63) is 30.0 Å². The van der Waals surface area contributed by atoms with Gasteiger partial charge in [-0.2, -0.15) is 0 Å². The Kier molecular flexibility index (Phi) is 2.56. The van der Waals surface area contributed by atoms with Gasteiger partial charge in [0.05, 0.1) is 5.52 Å². The van der Waals surface area contributed by atoms with Crippen LogP contribution in [0.3, 0.4) is 0 Å². The largest absolute Gasteiger partial charge is 0.399 e. The van der Waals surface area contributed by atoms with E-state index in [1.807, 2.05) is 6.07 Å². The van der Waals surface area contributed by atoms with E-state index in [9.17, 15) is 0 Å². The maximum Gasteiger partial charge on any atom is 0.0503 e. The summed E-state index contributed by atoms with van der Waals surface area (Å²) in [4.78, 5) is 0. The number of nitrogens with one attached hydrogen (secondary N) is 1. The zero-order chi connectivity index (χ0) is 11.8. The normalized spacial score (nSPS) is 15.6. The van der Waals surface area contributed by atoms with Crippen LogP contribution in [0.5, 0.6) is 0 Å². The third kappa shape index (κ3) is 2.03. The fourth-order valence-electron chi connectivity index (χ4n) is 2.38. The average Bonchev–Trinajstić information content (AvgIpc) is 3.08. The number of nitrogens with two attached hydrogens (primary N) is 1. The Hall–Kier alpha value is -1.48. The first kappa shape index (κ1) is 10.7. The van der Waals surface area contributed by atoms with E-state index in [1.54, 1.807) is 0 Å². The van der Waals surface area contributed by atoms with Crippen LogP contribution in [-0.2, 0) is 13.1 Å². The summed E-state index contributed by atoms with van der Waals surface area (Å²) < 4.78 is 2.35. The van der Waals surface area contributed by atoms with Crippen molar-refractivity contribution >= 4 is 16.6 Å². The molecule has 2 aromatic rings. The molecule has 3 N–H and O–H groups in total. The summed E-state index contributed by atoms with van der Waals surface area (Å²) in [6, 6.07) is 9.17. The minimum absolute atomic E-state index is 0.753. The number of rotatable bonds is 4. The molecule has 1 aliphatic rings. The van der Waals surface area contributed by atoms with E-state index in [2.05, 4.69) is 35.0 Å². The smallest absolute Gasteiger partial charge is 0.0503 e. The Morgan fingerprint density at radius 3 is 2.88 bits per heavy atom. The van der Waals surface area contributed by atoms with Crippen molar-refractivity contribution in [1.29, 1.82) is 0 Å². The Morgan fingerprint density at radius 2 is 2.18 bits per heavy atom. The van der Waals surface area contributed by atoms with Gasteiger partial charge in [0.15, 0.2) is 0 Å². The summed E-state index contributed by atoms with van der Waals surface area (Å²) in [5, 5.41) is 4.86. The van der Waals surface area contributed by atoms with Gasteiger partial charge >= 0.3 is 0 Å². The lowest BCUT2D eigenvalue weighted by atomic mass is 10.2. The summed E-state index contributed by atoms with van der Waals surface area (Å²) in [6.07, 6.45) is 2.67. The molecule has 0 aliphatic heterocycles. The SMILES string of the molecule is CCn1c(CNC2CC2)cc2ccc(N)cc21. The second-order valence-corrected chi connectivity index (χ2v) is 4.85. The van der Waals surface area contributed by atoms with E-state index in [1.165, 1.54) is 29.4 Å². The number of benzene rings is 1. The maximum atomic E-state index is 5.86. The molecule has 0 unspecified atom stereocenters. The molecule has 0 spiro atoms. The molecule has 1 saturated carbocycles. The topological polar surface area (TPSA) is 43.0 Å². The monoisotopic (exact) mass is 229 g/mol. The molecule has 0 radical (unpaired) electrons. The van der Waals surface area contributed by atoms with Gasteiger partial charge in [-0.25, -0.2) is 0 Å². The van der Waals surface area contributed by atoms with Crippen LogP contribution in [0.4, 0.5) is 5.69 Å². The van der Waals surface area contributed by atoms with E-state index < -0.39 is 0 Å². The Bertz CT molecular complexity index is 538. The van der Waals surface area contributed by atoms with Crippen molar-refractivity contribution in [3.8, 4) is 0 Å². The quantitative estimate of drug-likeness (QED) is 0.791. The molecule has 3 nitrogen and oxygen atoms in total. The van der Waals surface area contributed by atoms with Crippen LogP contribution < -0.4 is 11.1 Å². The predicted octanol–water partition coefficient (Wildman–Crippen LogP) is 2.50. The number of hydrogen-bond acceptors (Lipinski definition) is 2. The van der Waals surface area contributed by atoms with Crippen molar-refractivity contribution in [2.75, 3.05) is 5.73 Å². The molecule has 0 bridgehead atoms. The lowest BCUT2D eigenvalue weighted by Gasteiger charge is -2.08. The first-order chi connectivity index (χ1) is 8.28. The second kappa shape index (κ2) is 4.08. The number of hydrogen-bond donors (Lipinski definition) is 2. The van der Waals surface area contributed by atoms with Crippen molar-refractivity contribution in [3.63, 3.8) is 0 Å². The molecule has 1 aliphatic carbocycles. The molecule has 1 heterocycles. The summed E-state index contributed by atoms with van der Waals surface area (Å²) in [7, 11) is 0. The molecule has 3 heteroatoms. The first-order valence-electron chi connectivity index (χ1n) is 6.39. The summed E-state index contributed by atoms with van der Waals surface area (Å²) in [6.45, 7) is 4.14. The number of aryl methyl sites for hydroxylation is 1. The van der Waals surface area contributed by atoms with Crippen molar-refractivity contribution < 1.29 is 0 Å². The van der Waals surface area contributed by atoms with Gasteiger partial charge in [-0.05, 0) is 38.0 Å². The van der Waals surface area contributed by atoms with E-state index in [-0.39, 0.29) is 0 Å². The second-order valence-electron chi connectivity index (χ2n) is 4.85. The molecule has 0 atom stereocenters. The molecule has 1 aromatic carbocycles. The zero-order valence-corrected chi connectivity index (χ0v) is 10.2. The predicted molar refractivity (Wildman–Crippen MR) is 71.9 cm³/mol. The van der Waals surface area contributed by atoms with Crippen LogP contribution in [0.25, 0.3) is 10.9 Å². The minimum atomic E-state index is 0.753. The van der Waals surface area contributed by atoms with Gasteiger partial charge in [0.1, 0.15) is 0 Å². The highest BCUT2D eigenvalue weighted by Crippen LogP contribution is 2.24. The van der Waals surface area contributed by atoms with Gasteiger partial charge in [-0.1, -0.05) is 6.07 Å². The molecule has 90 valence electrons. The molecule has 1 aromatic heterocycles. The first-order valence-corrected chi connectivity index (χ1v) is 6.39. The molecule has 3 rings (SSSR count). The maximum absolute atomic E-state index is 5.86. The highest BCUT2D eigenvalue weighted by molar-refractivity contribution is 5.84. The van der Waals surface area contributed by atoms with E-state index >= 15 is 0 Å². The number of nitrogen functional groups attached to an aromatic ring is 1. The van der Waals surface area contributed by atoms with Crippen LogP contribution in [0.15, 0.2) is 24.3 Å². The fourth-order valence-corrected chi connectivity index (χ4v) is 2.38. The Morgan fingerprint density at radius 1 is 1.35 bits per heavy atom.